The molecule has 0 aromatic rings. The Balaban J connectivity index is 2.48. The van der Waals surface area contributed by atoms with Gasteiger partial charge in [0.2, 0.25) is 0 Å². The summed E-state index contributed by atoms with van der Waals surface area (Å²) in [5.41, 5.74) is 2.71. The molecule has 1 amide bonds. The van der Waals surface area contributed by atoms with Crippen LogP contribution >= 0.6 is 0 Å². The summed E-state index contributed by atoms with van der Waals surface area (Å²) in [6.07, 6.45) is 3.43. The summed E-state index contributed by atoms with van der Waals surface area (Å²) in [4.78, 5) is 11.0. The van der Waals surface area contributed by atoms with Gasteiger partial charge in [0.15, 0.2) is 0 Å². The molecular formula is C9H18N2O2. The minimum atomic E-state index is -0.435. The van der Waals surface area contributed by atoms with Gasteiger partial charge in [-0.1, -0.05) is 6.42 Å². The van der Waals surface area contributed by atoms with Crippen molar-refractivity contribution in [2.24, 2.45) is 0 Å². The number of nitrogens with zero attached hydrogens (tertiary/aromatic N) is 1. The van der Waals surface area contributed by atoms with Crippen molar-refractivity contribution in [1.82, 2.24) is 10.4 Å². The van der Waals surface area contributed by atoms with E-state index in [4.69, 9.17) is 5.11 Å². The summed E-state index contributed by atoms with van der Waals surface area (Å²) in [5, 5.41) is 10.5. The fourth-order valence-electron chi connectivity index (χ4n) is 1.82. The Morgan fingerprint density at radius 3 is 2.46 bits per heavy atom. The van der Waals surface area contributed by atoms with E-state index in [-0.39, 0.29) is 5.91 Å². The van der Waals surface area contributed by atoms with E-state index < -0.39 is 6.61 Å². The number of hydrogen-bond donors (Lipinski definition) is 2. The fourth-order valence-corrected chi connectivity index (χ4v) is 1.82. The molecule has 1 heterocycles. The Kier molecular flexibility index (Phi) is 3.69. The highest BCUT2D eigenvalue weighted by Crippen LogP contribution is 2.19. The van der Waals surface area contributed by atoms with E-state index in [9.17, 15) is 4.79 Å². The van der Waals surface area contributed by atoms with Crippen LogP contribution in [0, 0.1) is 0 Å². The average molecular weight is 186 g/mol. The second-order valence-corrected chi connectivity index (χ2v) is 3.73. The maximum atomic E-state index is 11.0. The number of hydrogen-bond acceptors (Lipinski definition) is 3. The van der Waals surface area contributed by atoms with Crippen LogP contribution < -0.4 is 5.43 Å². The molecule has 0 bridgehead atoms. The number of aliphatic hydroxyl groups is 1. The number of nitrogens with one attached hydrogen (secondary N) is 1. The lowest BCUT2D eigenvalue weighted by atomic mass is 10.00. The zero-order valence-corrected chi connectivity index (χ0v) is 8.29. The first-order chi connectivity index (χ1) is 6.15. The van der Waals surface area contributed by atoms with Gasteiger partial charge in [-0.2, -0.15) is 0 Å². The molecule has 1 aliphatic heterocycles. The Labute approximate surface area is 78.9 Å². The molecule has 1 rings (SSSR count). The highest BCUT2D eigenvalue weighted by molar-refractivity contribution is 5.76. The van der Waals surface area contributed by atoms with Crippen molar-refractivity contribution >= 4 is 5.91 Å². The van der Waals surface area contributed by atoms with Crippen molar-refractivity contribution < 1.29 is 9.90 Å². The van der Waals surface area contributed by atoms with Crippen LogP contribution in [-0.2, 0) is 4.79 Å². The third kappa shape index (κ3) is 2.67. The van der Waals surface area contributed by atoms with Crippen LogP contribution in [0.5, 0.6) is 0 Å². The van der Waals surface area contributed by atoms with Gasteiger partial charge in [0.05, 0.1) is 0 Å². The summed E-state index contributed by atoms with van der Waals surface area (Å²) in [6.45, 7) is 3.75. The van der Waals surface area contributed by atoms with Crippen LogP contribution in [0.1, 0.15) is 33.1 Å². The molecule has 2 atom stereocenters. The van der Waals surface area contributed by atoms with Gasteiger partial charge >= 0.3 is 0 Å². The molecule has 4 nitrogen and oxygen atoms in total. The molecule has 13 heavy (non-hydrogen) atoms. The molecule has 1 fully saturated rings. The van der Waals surface area contributed by atoms with E-state index in [1.165, 1.54) is 6.42 Å². The number of piperidine rings is 1. The predicted molar refractivity (Wildman–Crippen MR) is 49.8 cm³/mol. The van der Waals surface area contributed by atoms with Gasteiger partial charge in [0.25, 0.3) is 5.91 Å². The summed E-state index contributed by atoms with van der Waals surface area (Å²) < 4.78 is 0. The zero-order chi connectivity index (χ0) is 9.84. The molecule has 2 unspecified atom stereocenters. The van der Waals surface area contributed by atoms with Crippen LogP contribution in [0.3, 0.4) is 0 Å². The van der Waals surface area contributed by atoms with Crippen LogP contribution in [-0.4, -0.2) is 34.7 Å². The van der Waals surface area contributed by atoms with Gasteiger partial charge in [0, 0.05) is 12.1 Å². The van der Waals surface area contributed by atoms with E-state index >= 15 is 0 Å². The van der Waals surface area contributed by atoms with Gasteiger partial charge in [-0.15, -0.1) is 0 Å². The topological polar surface area (TPSA) is 52.6 Å². The van der Waals surface area contributed by atoms with Crippen LogP contribution in [0.2, 0.25) is 0 Å². The van der Waals surface area contributed by atoms with Crippen molar-refractivity contribution in [2.45, 2.75) is 45.2 Å². The third-order valence-electron chi connectivity index (χ3n) is 2.59. The second kappa shape index (κ2) is 4.58. The number of amides is 1. The van der Waals surface area contributed by atoms with Crippen molar-refractivity contribution in [3.63, 3.8) is 0 Å². The van der Waals surface area contributed by atoms with E-state index in [1.807, 2.05) is 5.01 Å². The molecule has 76 valence electrons. The number of aliphatic hydroxyl groups excluding tert-OH is 1. The van der Waals surface area contributed by atoms with Crippen LogP contribution in [0.15, 0.2) is 0 Å². The van der Waals surface area contributed by atoms with E-state index in [2.05, 4.69) is 19.3 Å². The molecule has 2 N–H and O–H groups in total. The normalized spacial score (nSPS) is 30.1. The monoisotopic (exact) mass is 186 g/mol. The van der Waals surface area contributed by atoms with Crippen molar-refractivity contribution in [3.05, 3.63) is 0 Å². The Hall–Kier alpha value is -0.610. The van der Waals surface area contributed by atoms with Crippen molar-refractivity contribution in [3.8, 4) is 0 Å². The molecule has 0 spiro atoms. The van der Waals surface area contributed by atoms with E-state index in [0.717, 1.165) is 12.8 Å². The summed E-state index contributed by atoms with van der Waals surface area (Å²) in [7, 11) is 0. The standard InChI is InChI=1S/C9H18N2O2/c1-7-4-3-5-8(2)11(7)10-9(13)6-12/h7-8,12H,3-6H2,1-2H3,(H,10,13). The SMILES string of the molecule is CC1CCCC(C)N1NC(=O)CO. The zero-order valence-electron chi connectivity index (χ0n) is 8.29. The van der Waals surface area contributed by atoms with Gasteiger partial charge in [-0.25, -0.2) is 5.01 Å². The molecule has 0 saturated carbocycles. The average Bonchev–Trinajstić information content (AvgIpc) is 2.11. The molecule has 1 saturated heterocycles. The first-order valence-corrected chi connectivity index (χ1v) is 4.84. The highest BCUT2D eigenvalue weighted by Gasteiger charge is 2.25. The minimum absolute atomic E-state index is 0.319. The van der Waals surface area contributed by atoms with Gasteiger partial charge in [0.1, 0.15) is 6.61 Å². The Morgan fingerprint density at radius 2 is 2.00 bits per heavy atom. The number of hydrazine groups is 1. The summed E-state index contributed by atoms with van der Waals surface area (Å²) in [5.74, 6) is -0.319. The predicted octanol–water partition coefficient (Wildman–Crippen LogP) is 0.273. The molecule has 0 radical (unpaired) electrons. The number of rotatable bonds is 2. The molecule has 4 heteroatoms. The van der Waals surface area contributed by atoms with E-state index in [0.29, 0.717) is 12.1 Å². The largest absolute Gasteiger partial charge is 0.386 e. The van der Waals surface area contributed by atoms with Crippen molar-refractivity contribution in [2.75, 3.05) is 6.61 Å². The maximum Gasteiger partial charge on any atom is 0.259 e. The maximum absolute atomic E-state index is 11.0. The lowest BCUT2D eigenvalue weighted by molar-refractivity contribution is -0.132. The molecular weight excluding hydrogens is 168 g/mol. The Bertz CT molecular complexity index is 174. The first kappa shape index (κ1) is 10.5. The Morgan fingerprint density at radius 1 is 1.46 bits per heavy atom. The first-order valence-electron chi connectivity index (χ1n) is 4.84. The van der Waals surface area contributed by atoms with E-state index in [1.54, 1.807) is 0 Å². The van der Waals surface area contributed by atoms with Gasteiger partial charge < -0.3 is 5.11 Å². The second-order valence-electron chi connectivity index (χ2n) is 3.73. The summed E-state index contributed by atoms with van der Waals surface area (Å²) >= 11 is 0. The smallest absolute Gasteiger partial charge is 0.259 e. The fraction of sp³-hybridized carbons (Fsp3) is 0.889. The molecule has 0 aromatic heterocycles. The minimum Gasteiger partial charge on any atom is -0.386 e. The van der Waals surface area contributed by atoms with Crippen molar-refractivity contribution in [1.29, 1.82) is 0 Å². The molecule has 0 aromatic carbocycles. The molecule has 1 aliphatic rings. The van der Waals surface area contributed by atoms with Gasteiger partial charge in [-0.05, 0) is 26.7 Å². The molecule has 0 aliphatic carbocycles. The third-order valence-corrected chi connectivity index (χ3v) is 2.59. The summed E-state index contributed by atoms with van der Waals surface area (Å²) in [6, 6.07) is 0.749. The van der Waals surface area contributed by atoms with Crippen LogP contribution in [0.4, 0.5) is 0 Å². The quantitative estimate of drug-likeness (QED) is 0.651. The highest BCUT2D eigenvalue weighted by atomic mass is 16.3. The van der Waals surface area contributed by atoms with Crippen LogP contribution in [0.25, 0.3) is 0 Å². The number of carbonyl (C=O) groups excluding carboxylic acids is 1. The van der Waals surface area contributed by atoms with Gasteiger partial charge in [-0.3, -0.25) is 10.2 Å². The number of carbonyl (C=O) groups is 1. The lowest BCUT2D eigenvalue weighted by Crippen LogP contribution is -2.54. The lowest BCUT2D eigenvalue weighted by Gasteiger charge is -2.38.